The first kappa shape index (κ1) is 15.4. The molecule has 1 aliphatic carbocycles. The summed E-state index contributed by atoms with van der Waals surface area (Å²) >= 11 is 1.43. The van der Waals surface area contributed by atoms with Crippen LogP contribution in [0.15, 0.2) is 0 Å². The highest BCUT2D eigenvalue weighted by Crippen LogP contribution is 2.39. The highest BCUT2D eigenvalue weighted by molar-refractivity contribution is 7.13. The third-order valence-electron chi connectivity index (χ3n) is 3.68. The van der Waals surface area contributed by atoms with Gasteiger partial charge in [0.1, 0.15) is 9.88 Å². The van der Waals surface area contributed by atoms with Crippen LogP contribution < -0.4 is 5.73 Å². The van der Waals surface area contributed by atoms with Crippen molar-refractivity contribution in [1.29, 1.82) is 0 Å². The van der Waals surface area contributed by atoms with Crippen LogP contribution in [-0.2, 0) is 16.7 Å². The van der Waals surface area contributed by atoms with Crippen LogP contribution in [0.5, 0.6) is 0 Å². The zero-order valence-corrected chi connectivity index (χ0v) is 13.4. The van der Waals surface area contributed by atoms with Gasteiger partial charge in [0, 0.05) is 0 Å². The van der Waals surface area contributed by atoms with E-state index in [2.05, 4.69) is 13.8 Å². The molecule has 1 aliphatic rings. The molecule has 0 radical (unpaired) electrons. The van der Waals surface area contributed by atoms with Crippen molar-refractivity contribution in [2.45, 2.75) is 58.4 Å². The fourth-order valence-electron chi connectivity index (χ4n) is 2.67. The lowest BCUT2D eigenvalue weighted by molar-refractivity contribution is 0.0530. The number of hydrogen-bond donors (Lipinski definition) is 1. The zero-order valence-electron chi connectivity index (χ0n) is 12.6. The number of aromatic nitrogens is 1. The van der Waals surface area contributed by atoms with E-state index in [1.165, 1.54) is 11.3 Å². The van der Waals surface area contributed by atoms with Gasteiger partial charge in [-0.2, -0.15) is 0 Å². The molecule has 2 N–H and O–H groups in total. The Hall–Kier alpha value is -0.940. The summed E-state index contributed by atoms with van der Waals surface area (Å²) in [6.07, 6.45) is 5.00. The minimum Gasteiger partial charge on any atom is -0.462 e. The summed E-state index contributed by atoms with van der Waals surface area (Å²) in [6, 6.07) is 0. The topological polar surface area (TPSA) is 65.2 Å². The Labute approximate surface area is 124 Å². The molecule has 0 bridgehead atoms. The van der Waals surface area contributed by atoms with Gasteiger partial charge in [0.05, 0.1) is 17.8 Å². The van der Waals surface area contributed by atoms with Crippen molar-refractivity contribution >= 4 is 17.3 Å². The molecule has 1 aromatic heterocycles. The molecule has 20 heavy (non-hydrogen) atoms. The average molecular weight is 296 g/mol. The van der Waals surface area contributed by atoms with Gasteiger partial charge in [-0.15, -0.1) is 11.3 Å². The monoisotopic (exact) mass is 296 g/mol. The SMILES string of the molecule is CCOC(=O)c1sc(C2(N)CCCC2)nc1CC(C)C. The number of hydrogen-bond acceptors (Lipinski definition) is 5. The summed E-state index contributed by atoms with van der Waals surface area (Å²) in [5.41, 5.74) is 6.99. The zero-order chi connectivity index (χ0) is 14.8. The summed E-state index contributed by atoms with van der Waals surface area (Å²) in [4.78, 5) is 17.4. The molecule has 0 aromatic carbocycles. The second kappa shape index (κ2) is 6.22. The van der Waals surface area contributed by atoms with E-state index in [1.807, 2.05) is 6.92 Å². The van der Waals surface area contributed by atoms with Crippen LogP contribution in [0.25, 0.3) is 0 Å². The van der Waals surface area contributed by atoms with Gasteiger partial charge in [0.15, 0.2) is 0 Å². The van der Waals surface area contributed by atoms with Crippen LogP contribution in [-0.4, -0.2) is 17.6 Å². The standard InChI is InChI=1S/C15H24N2O2S/c1-4-19-13(18)12-11(9-10(2)3)17-14(20-12)15(16)7-5-6-8-15/h10H,4-9,16H2,1-3H3. The fraction of sp³-hybridized carbons (Fsp3) is 0.733. The maximum Gasteiger partial charge on any atom is 0.350 e. The number of carbonyl (C=O) groups is 1. The molecule has 1 fully saturated rings. The molecule has 4 nitrogen and oxygen atoms in total. The number of rotatable bonds is 5. The molecular weight excluding hydrogens is 272 g/mol. The fourth-order valence-corrected chi connectivity index (χ4v) is 3.81. The van der Waals surface area contributed by atoms with Gasteiger partial charge in [0.25, 0.3) is 0 Å². The number of carbonyl (C=O) groups excluding carboxylic acids is 1. The quantitative estimate of drug-likeness (QED) is 0.847. The summed E-state index contributed by atoms with van der Waals surface area (Å²) in [6.45, 7) is 6.47. The minimum absolute atomic E-state index is 0.256. The van der Waals surface area contributed by atoms with Crippen LogP contribution >= 0.6 is 11.3 Å². The first-order chi connectivity index (χ1) is 9.46. The Morgan fingerprint density at radius 3 is 2.65 bits per heavy atom. The third-order valence-corrected chi connectivity index (χ3v) is 4.98. The largest absolute Gasteiger partial charge is 0.462 e. The number of nitrogens with zero attached hydrogens (tertiary/aromatic N) is 1. The Morgan fingerprint density at radius 1 is 1.45 bits per heavy atom. The van der Waals surface area contributed by atoms with Crippen molar-refractivity contribution in [2.75, 3.05) is 6.61 Å². The molecule has 0 spiro atoms. The molecule has 112 valence electrons. The highest BCUT2D eigenvalue weighted by Gasteiger charge is 2.36. The van der Waals surface area contributed by atoms with E-state index in [9.17, 15) is 4.79 Å². The van der Waals surface area contributed by atoms with Crippen molar-refractivity contribution in [1.82, 2.24) is 4.98 Å². The molecule has 0 amide bonds. The van der Waals surface area contributed by atoms with E-state index in [-0.39, 0.29) is 11.5 Å². The Bertz CT molecular complexity index is 476. The van der Waals surface area contributed by atoms with Crippen LogP contribution in [0.3, 0.4) is 0 Å². The Morgan fingerprint density at radius 2 is 2.10 bits per heavy atom. The molecule has 0 unspecified atom stereocenters. The van der Waals surface area contributed by atoms with Gasteiger partial charge in [-0.05, 0) is 32.1 Å². The molecule has 0 atom stereocenters. The molecule has 2 rings (SSSR count). The van der Waals surface area contributed by atoms with Crippen molar-refractivity contribution in [3.05, 3.63) is 15.6 Å². The smallest absolute Gasteiger partial charge is 0.350 e. The predicted molar refractivity (Wildman–Crippen MR) is 80.9 cm³/mol. The lowest BCUT2D eigenvalue weighted by Gasteiger charge is -2.19. The summed E-state index contributed by atoms with van der Waals surface area (Å²) in [7, 11) is 0. The summed E-state index contributed by atoms with van der Waals surface area (Å²) < 4.78 is 5.15. The van der Waals surface area contributed by atoms with E-state index >= 15 is 0 Å². The Kier molecular flexibility index (Phi) is 4.81. The maximum absolute atomic E-state index is 12.1. The van der Waals surface area contributed by atoms with Crippen molar-refractivity contribution < 1.29 is 9.53 Å². The van der Waals surface area contributed by atoms with Gasteiger partial charge < -0.3 is 10.5 Å². The van der Waals surface area contributed by atoms with E-state index in [4.69, 9.17) is 15.5 Å². The predicted octanol–water partition coefficient (Wildman–Crippen LogP) is 3.25. The van der Waals surface area contributed by atoms with E-state index in [1.54, 1.807) is 0 Å². The second-order valence-corrected chi connectivity index (χ2v) is 6.98. The normalized spacial score (nSPS) is 17.6. The maximum atomic E-state index is 12.1. The molecular formula is C15H24N2O2S. The van der Waals surface area contributed by atoms with E-state index < -0.39 is 0 Å². The molecule has 0 saturated heterocycles. The number of thiazole rings is 1. The van der Waals surface area contributed by atoms with Crippen LogP contribution in [0.2, 0.25) is 0 Å². The second-order valence-electron chi connectivity index (χ2n) is 5.98. The van der Waals surface area contributed by atoms with Crippen molar-refractivity contribution in [3.8, 4) is 0 Å². The van der Waals surface area contributed by atoms with E-state index in [0.29, 0.717) is 17.4 Å². The van der Waals surface area contributed by atoms with Gasteiger partial charge >= 0.3 is 5.97 Å². The molecule has 1 saturated carbocycles. The van der Waals surface area contributed by atoms with Gasteiger partial charge in [-0.1, -0.05) is 26.7 Å². The van der Waals surface area contributed by atoms with Gasteiger partial charge in [0.2, 0.25) is 0 Å². The summed E-state index contributed by atoms with van der Waals surface area (Å²) in [5.74, 6) is 0.198. The number of nitrogens with two attached hydrogens (primary N) is 1. The van der Waals surface area contributed by atoms with Gasteiger partial charge in [-0.25, -0.2) is 9.78 Å². The first-order valence-corrected chi connectivity index (χ1v) is 8.24. The lowest BCUT2D eigenvalue weighted by Crippen LogP contribution is -2.32. The third kappa shape index (κ3) is 3.20. The number of esters is 1. The van der Waals surface area contributed by atoms with Crippen molar-refractivity contribution in [3.63, 3.8) is 0 Å². The Balaban J connectivity index is 2.33. The lowest BCUT2D eigenvalue weighted by atomic mass is 10.0. The van der Waals surface area contributed by atoms with Gasteiger partial charge in [-0.3, -0.25) is 0 Å². The van der Waals surface area contributed by atoms with Crippen molar-refractivity contribution in [2.24, 2.45) is 11.7 Å². The van der Waals surface area contributed by atoms with Crippen LogP contribution in [0, 0.1) is 5.92 Å². The molecule has 5 heteroatoms. The average Bonchev–Trinajstić information content (AvgIpc) is 2.96. The molecule has 1 heterocycles. The number of ether oxygens (including phenoxy) is 1. The minimum atomic E-state index is -0.332. The van der Waals surface area contributed by atoms with Crippen LogP contribution in [0.4, 0.5) is 0 Å². The summed E-state index contributed by atoms with van der Waals surface area (Å²) in [5, 5.41) is 0.911. The van der Waals surface area contributed by atoms with Crippen LogP contribution in [0.1, 0.15) is 66.8 Å². The highest BCUT2D eigenvalue weighted by atomic mass is 32.1. The molecule has 1 aromatic rings. The molecule has 0 aliphatic heterocycles. The first-order valence-electron chi connectivity index (χ1n) is 7.42. The van der Waals surface area contributed by atoms with E-state index in [0.717, 1.165) is 42.8 Å².